The van der Waals surface area contributed by atoms with Gasteiger partial charge in [-0.05, 0) is 32.0 Å². The summed E-state index contributed by atoms with van der Waals surface area (Å²) in [6.45, 7) is 6.46. The number of morpholine rings is 1. The maximum Gasteiger partial charge on any atom is 0.316 e. The van der Waals surface area contributed by atoms with Crippen LogP contribution in [-0.4, -0.2) is 52.7 Å². The molecule has 32 heavy (non-hydrogen) atoms. The molecule has 0 atom stereocenters. The molecule has 0 spiro atoms. The van der Waals surface area contributed by atoms with Gasteiger partial charge in [-0.15, -0.1) is 0 Å². The number of amides is 2. The van der Waals surface area contributed by atoms with Gasteiger partial charge in [-0.2, -0.15) is 0 Å². The molecule has 3 heterocycles. The first kappa shape index (κ1) is 21.7. The van der Waals surface area contributed by atoms with Crippen molar-refractivity contribution in [1.82, 2.24) is 25.4 Å². The third-order valence-electron chi connectivity index (χ3n) is 5.12. The lowest BCUT2D eigenvalue weighted by atomic mass is 10.2. The largest absolute Gasteiger partial charge is 0.378 e. The highest BCUT2D eigenvalue weighted by Gasteiger charge is 2.21. The summed E-state index contributed by atoms with van der Waals surface area (Å²) in [7, 11) is 0. The minimum atomic E-state index is -0.762. The van der Waals surface area contributed by atoms with Crippen molar-refractivity contribution in [3.05, 3.63) is 55.0 Å². The molecule has 3 N–H and O–H groups in total. The van der Waals surface area contributed by atoms with Crippen LogP contribution in [-0.2, 0) is 11.3 Å². The average molecular weight is 459 g/mol. The molecule has 0 radical (unpaired) electrons. The number of aromatic amines is 1. The third-order valence-corrected chi connectivity index (χ3v) is 6.33. The van der Waals surface area contributed by atoms with Crippen LogP contribution < -0.4 is 26.9 Å². The van der Waals surface area contributed by atoms with E-state index in [1.54, 1.807) is 19.9 Å². The second kappa shape index (κ2) is 8.93. The molecule has 3 aromatic rings. The second-order valence-electron chi connectivity index (χ2n) is 7.15. The van der Waals surface area contributed by atoms with Gasteiger partial charge in [-0.3, -0.25) is 30.0 Å². The van der Waals surface area contributed by atoms with Gasteiger partial charge in [0.1, 0.15) is 4.88 Å². The highest BCUT2D eigenvalue weighted by atomic mass is 32.1. The molecule has 0 bridgehead atoms. The molecule has 0 saturated carbocycles. The van der Waals surface area contributed by atoms with Gasteiger partial charge in [0, 0.05) is 25.2 Å². The molecular weight excluding hydrogens is 436 g/mol. The summed E-state index contributed by atoms with van der Waals surface area (Å²) in [4.78, 5) is 58.4. The standard InChI is InChI=1S/C20H22N6O5S/c1-3-26-14-5-4-12(10-13(14)22-18(29)19(26)30)16(27)23-24-17(28)15-11(2)21-20(32-15)25-6-8-31-9-7-25/h4-5,10H,3,6-9H2,1-2H3,(H,22,29)(H,23,27)(H,24,28). The van der Waals surface area contributed by atoms with Crippen molar-refractivity contribution < 1.29 is 14.3 Å². The number of ether oxygens (including phenoxy) is 1. The predicted octanol–water partition coefficient (Wildman–Crippen LogP) is 0.386. The number of rotatable bonds is 4. The highest BCUT2D eigenvalue weighted by Crippen LogP contribution is 2.26. The number of nitrogens with zero attached hydrogens (tertiary/aromatic N) is 3. The fourth-order valence-corrected chi connectivity index (χ4v) is 4.47. The first-order valence-electron chi connectivity index (χ1n) is 10.1. The number of hydrogen-bond acceptors (Lipinski definition) is 8. The molecule has 1 aromatic carbocycles. The minimum absolute atomic E-state index is 0.213. The molecule has 168 valence electrons. The predicted molar refractivity (Wildman–Crippen MR) is 119 cm³/mol. The average Bonchev–Trinajstić information content (AvgIpc) is 3.20. The SMILES string of the molecule is CCn1c(=O)c(=O)[nH]c2cc(C(=O)NNC(=O)c3sc(N4CCOCC4)nc3C)ccc21. The van der Waals surface area contributed by atoms with E-state index < -0.39 is 22.9 Å². The lowest BCUT2D eigenvalue weighted by Crippen LogP contribution is -2.41. The van der Waals surface area contributed by atoms with Crippen molar-refractivity contribution in [2.75, 3.05) is 31.2 Å². The number of anilines is 1. The van der Waals surface area contributed by atoms with E-state index >= 15 is 0 Å². The fraction of sp³-hybridized carbons (Fsp3) is 0.350. The van der Waals surface area contributed by atoms with Crippen LogP contribution in [0.15, 0.2) is 27.8 Å². The Kier molecular flexibility index (Phi) is 6.06. The number of thiazole rings is 1. The molecule has 2 amide bonds. The van der Waals surface area contributed by atoms with E-state index in [-0.39, 0.29) is 5.56 Å². The van der Waals surface area contributed by atoms with E-state index in [4.69, 9.17) is 4.74 Å². The summed E-state index contributed by atoms with van der Waals surface area (Å²) in [5.74, 6) is -1.03. The van der Waals surface area contributed by atoms with Crippen molar-refractivity contribution in [2.45, 2.75) is 20.4 Å². The maximum absolute atomic E-state index is 12.6. The molecule has 1 aliphatic rings. The maximum atomic E-state index is 12.6. The number of carbonyl (C=O) groups excluding carboxylic acids is 2. The Labute approximate surface area is 186 Å². The quantitative estimate of drug-likeness (QED) is 0.380. The van der Waals surface area contributed by atoms with Gasteiger partial charge in [0.15, 0.2) is 5.13 Å². The number of fused-ring (bicyclic) bond motifs is 1. The van der Waals surface area contributed by atoms with E-state index in [1.807, 2.05) is 0 Å². The molecule has 2 aromatic heterocycles. The molecule has 12 heteroatoms. The Bertz CT molecular complexity index is 1300. The van der Waals surface area contributed by atoms with Gasteiger partial charge < -0.3 is 19.2 Å². The van der Waals surface area contributed by atoms with E-state index in [1.165, 1.54) is 28.0 Å². The monoisotopic (exact) mass is 458 g/mol. The minimum Gasteiger partial charge on any atom is -0.378 e. The van der Waals surface area contributed by atoms with Gasteiger partial charge >= 0.3 is 11.1 Å². The van der Waals surface area contributed by atoms with Crippen molar-refractivity contribution in [3.8, 4) is 0 Å². The Balaban J connectivity index is 1.48. The summed E-state index contributed by atoms with van der Waals surface area (Å²) in [6, 6.07) is 4.55. The zero-order chi connectivity index (χ0) is 22.8. The van der Waals surface area contributed by atoms with E-state index in [2.05, 4.69) is 25.7 Å². The molecule has 1 saturated heterocycles. The highest BCUT2D eigenvalue weighted by molar-refractivity contribution is 7.17. The summed E-state index contributed by atoms with van der Waals surface area (Å²) in [6.07, 6.45) is 0. The Morgan fingerprint density at radius 1 is 1.19 bits per heavy atom. The number of aryl methyl sites for hydroxylation is 2. The molecule has 11 nitrogen and oxygen atoms in total. The lowest BCUT2D eigenvalue weighted by molar-refractivity contribution is 0.0848. The molecule has 1 fully saturated rings. The van der Waals surface area contributed by atoms with Crippen molar-refractivity contribution in [1.29, 1.82) is 0 Å². The molecule has 4 rings (SSSR count). The zero-order valence-corrected chi connectivity index (χ0v) is 18.4. The van der Waals surface area contributed by atoms with Crippen molar-refractivity contribution in [3.63, 3.8) is 0 Å². The van der Waals surface area contributed by atoms with Crippen LogP contribution in [0.2, 0.25) is 0 Å². The number of hydrazine groups is 1. The number of nitrogens with one attached hydrogen (secondary N) is 3. The second-order valence-corrected chi connectivity index (χ2v) is 8.13. The first-order valence-corrected chi connectivity index (χ1v) is 10.9. The number of benzene rings is 1. The summed E-state index contributed by atoms with van der Waals surface area (Å²) in [5, 5.41) is 0.739. The van der Waals surface area contributed by atoms with E-state index in [0.29, 0.717) is 54.5 Å². The van der Waals surface area contributed by atoms with E-state index in [9.17, 15) is 19.2 Å². The summed E-state index contributed by atoms with van der Waals surface area (Å²) < 4.78 is 6.67. The van der Waals surface area contributed by atoms with Crippen LogP contribution in [0.5, 0.6) is 0 Å². The third kappa shape index (κ3) is 4.14. The fourth-order valence-electron chi connectivity index (χ4n) is 3.46. The Morgan fingerprint density at radius 3 is 2.62 bits per heavy atom. The van der Waals surface area contributed by atoms with Gasteiger partial charge in [0.25, 0.3) is 11.8 Å². The van der Waals surface area contributed by atoms with Gasteiger partial charge in [0.2, 0.25) is 0 Å². The summed E-state index contributed by atoms with van der Waals surface area (Å²) in [5.41, 5.74) is 5.02. The normalized spacial score (nSPS) is 13.9. The first-order chi connectivity index (χ1) is 15.4. The number of aromatic nitrogens is 3. The topological polar surface area (TPSA) is 138 Å². The zero-order valence-electron chi connectivity index (χ0n) is 17.6. The van der Waals surface area contributed by atoms with Crippen LogP contribution in [0, 0.1) is 6.92 Å². The molecule has 0 aliphatic carbocycles. The Morgan fingerprint density at radius 2 is 1.91 bits per heavy atom. The smallest absolute Gasteiger partial charge is 0.316 e. The lowest BCUT2D eigenvalue weighted by Gasteiger charge is -2.25. The van der Waals surface area contributed by atoms with Gasteiger partial charge in [0.05, 0.1) is 29.9 Å². The number of H-pyrrole nitrogens is 1. The van der Waals surface area contributed by atoms with Crippen LogP contribution in [0.3, 0.4) is 0 Å². The van der Waals surface area contributed by atoms with Crippen LogP contribution in [0.1, 0.15) is 32.6 Å². The van der Waals surface area contributed by atoms with Gasteiger partial charge in [-0.1, -0.05) is 11.3 Å². The Hall–Kier alpha value is -3.51. The van der Waals surface area contributed by atoms with Crippen molar-refractivity contribution in [2.24, 2.45) is 0 Å². The molecule has 1 aliphatic heterocycles. The van der Waals surface area contributed by atoms with Crippen LogP contribution in [0.25, 0.3) is 11.0 Å². The molecular formula is C20H22N6O5S. The molecule has 0 unspecified atom stereocenters. The number of carbonyl (C=O) groups is 2. The summed E-state index contributed by atoms with van der Waals surface area (Å²) >= 11 is 1.25. The van der Waals surface area contributed by atoms with E-state index in [0.717, 1.165) is 5.13 Å². The number of hydrogen-bond donors (Lipinski definition) is 3. The van der Waals surface area contributed by atoms with Crippen LogP contribution in [0.4, 0.5) is 5.13 Å². The van der Waals surface area contributed by atoms with Gasteiger partial charge in [-0.25, -0.2) is 4.98 Å². The van der Waals surface area contributed by atoms with Crippen LogP contribution >= 0.6 is 11.3 Å². The van der Waals surface area contributed by atoms with Crippen molar-refractivity contribution >= 4 is 39.3 Å².